The van der Waals surface area contributed by atoms with Gasteiger partial charge in [0.1, 0.15) is 28.9 Å². The smallest absolute Gasteiger partial charge is 0.380 e. The van der Waals surface area contributed by atoms with E-state index in [4.69, 9.17) is 4.74 Å². The molecule has 2 atom stereocenters. The Kier molecular flexibility index (Phi) is 6.58. The number of carbonyl (C=O) groups excluding carboxylic acids is 1. The zero-order valence-electron chi connectivity index (χ0n) is 20.0. The molecular formula is C25H22F6N4O3. The lowest BCUT2D eigenvalue weighted by Gasteiger charge is -2.22. The number of hydrogen-bond acceptors (Lipinski definition) is 5. The second kappa shape index (κ2) is 9.61. The van der Waals surface area contributed by atoms with Crippen LogP contribution >= 0.6 is 0 Å². The first kappa shape index (κ1) is 26.0. The zero-order chi connectivity index (χ0) is 27.4. The molecule has 38 heavy (non-hydrogen) atoms. The number of aromatic nitrogens is 2. The van der Waals surface area contributed by atoms with Gasteiger partial charge in [-0.3, -0.25) is 14.2 Å². The average Bonchev–Trinajstić information content (AvgIpc) is 3.57. The van der Waals surface area contributed by atoms with E-state index < -0.39 is 58.2 Å². The SMILES string of the molecule is CO[C@H]1CCN(c2ccc3c(=O)c(C(=O)N[C@@H](C4CC4)C(F)(F)F)cn(-c4c(F)cc(F)cc4F)c3n2)C1. The number of hydrogen-bond donors (Lipinski definition) is 1. The molecule has 1 saturated heterocycles. The van der Waals surface area contributed by atoms with E-state index in [1.807, 2.05) is 10.2 Å². The van der Waals surface area contributed by atoms with Gasteiger partial charge in [-0.25, -0.2) is 18.2 Å². The Morgan fingerprint density at radius 1 is 1.13 bits per heavy atom. The van der Waals surface area contributed by atoms with Crippen LogP contribution in [0.3, 0.4) is 0 Å². The van der Waals surface area contributed by atoms with Gasteiger partial charge < -0.3 is 15.0 Å². The Morgan fingerprint density at radius 3 is 2.39 bits per heavy atom. The number of nitrogens with zero attached hydrogens (tertiary/aromatic N) is 3. The van der Waals surface area contributed by atoms with E-state index in [1.54, 1.807) is 7.11 Å². The molecule has 202 valence electrons. The maximum absolute atomic E-state index is 14.9. The molecular weight excluding hydrogens is 518 g/mol. The molecule has 3 heterocycles. The van der Waals surface area contributed by atoms with Gasteiger partial charge in [0, 0.05) is 38.5 Å². The molecule has 1 aliphatic heterocycles. The largest absolute Gasteiger partial charge is 0.408 e. The molecule has 1 saturated carbocycles. The Labute approximate surface area is 212 Å². The minimum Gasteiger partial charge on any atom is -0.380 e. The van der Waals surface area contributed by atoms with Crippen molar-refractivity contribution in [1.82, 2.24) is 14.9 Å². The van der Waals surface area contributed by atoms with Crippen LogP contribution in [0.25, 0.3) is 16.7 Å². The van der Waals surface area contributed by atoms with Crippen molar-refractivity contribution in [1.29, 1.82) is 0 Å². The summed E-state index contributed by atoms with van der Waals surface area (Å²) < 4.78 is 90.0. The van der Waals surface area contributed by atoms with E-state index in [-0.39, 0.29) is 30.0 Å². The third-order valence-corrected chi connectivity index (χ3v) is 6.84. The van der Waals surface area contributed by atoms with Gasteiger partial charge in [0.25, 0.3) is 5.91 Å². The topological polar surface area (TPSA) is 76.5 Å². The fraction of sp³-hybridized carbons (Fsp3) is 0.400. The second-order valence-electron chi connectivity index (χ2n) is 9.42. The maximum atomic E-state index is 14.9. The van der Waals surface area contributed by atoms with Crippen molar-refractivity contribution in [3.05, 3.63) is 63.7 Å². The third-order valence-electron chi connectivity index (χ3n) is 6.84. The third kappa shape index (κ3) is 4.82. The van der Waals surface area contributed by atoms with Gasteiger partial charge in [0.15, 0.2) is 17.3 Å². The number of anilines is 1. The maximum Gasteiger partial charge on any atom is 0.408 e. The van der Waals surface area contributed by atoms with Gasteiger partial charge in [0.2, 0.25) is 5.43 Å². The highest BCUT2D eigenvalue weighted by atomic mass is 19.4. The highest BCUT2D eigenvalue weighted by molar-refractivity contribution is 5.97. The van der Waals surface area contributed by atoms with Crippen molar-refractivity contribution in [3.63, 3.8) is 0 Å². The fourth-order valence-electron chi connectivity index (χ4n) is 4.71. The number of rotatable bonds is 6. The summed E-state index contributed by atoms with van der Waals surface area (Å²) in [5, 5.41) is 1.60. The number of ether oxygens (including phenoxy) is 1. The highest BCUT2D eigenvalue weighted by Gasteiger charge is 2.50. The van der Waals surface area contributed by atoms with E-state index in [2.05, 4.69) is 4.98 Å². The molecule has 2 fully saturated rings. The number of methoxy groups -OCH3 is 1. The van der Waals surface area contributed by atoms with Gasteiger partial charge in [0.05, 0.1) is 11.5 Å². The van der Waals surface area contributed by atoms with Crippen LogP contribution < -0.4 is 15.6 Å². The number of benzene rings is 1. The number of alkyl halides is 3. The first-order chi connectivity index (χ1) is 18.0. The summed E-state index contributed by atoms with van der Waals surface area (Å²) in [5.74, 6) is -5.77. The second-order valence-corrected chi connectivity index (χ2v) is 9.42. The predicted octanol–water partition coefficient (Wildman–Crippen LogP) is 4.10. The average molecular weight is 540 g/mol. The fourth-order valence-corrected chi connectivity index (χ4v) is 4.71. The van der Waals surface area contributed by atoms with Crippen molar-refractivity contribution in [3.8, 4) is 5.69 Å². The van der Waals surface area contributed by atoms with Crippen LogP contribution in [-0.4, -0.2) is 54.0 Å². The molecule has 1 aromatic carbocycles. The number of amides is 1. The molecule has 0 radical (unpaired) electrons. The monoisotopic (exact) mass is 540 g/mol. The van der Waals surface area contributed by atoms with Crippen molar-refractivity contribution in [2.45, 2.75) is 37.6 Å². The van der Waals surface area contributed by atoms with Gasteiger partial charge in [-0.15, -0.1) is 0 Å². The standard InChI is InChI=1S/C25H22F6N4O3/c1-38-14-6-7-34(10-14)19-5-4-15-21(36)16(24(37)33-22(12-2-3-12)25(29,30)31)11-35(23(15)32-19)20-17(27)8-13(26)9-18(20)28/h4-5,8-9,11-12,14,22H,2-3,6-7,10H2,1H3,(H,33,37)/t14-,22-/m0/s1. The van der Waals surface area contributed by atoms with Gasteiger partial charge in [-0.1, -0.05) is 0 Å². The lowest BCUT2D eigenvalue weighted by Crippen LogP contribution is -2.48. The Morgan fingerprint density at radius 2 is 1.82 bits per heavy atom. The first-order valence-corrected chi connectivity index (χ1v) is 11.8. The lowest BCUT2D eigenvalue weighted by molar-refractivity contribution is -0.158. The van der Waals surface area contributed by atoms with Gasteiger partial charge in [-0.05, 0) is 37.3 Å². The molecule has 1 aliphatic carbocycles. The normalized spacial score (nSPS) is 18.7. The molecule has 2 aliphatic rings. The summed E-state index contributed by atoms with van der Waals surface area (Å²) in [4.78, 5) is 32.4. The minimum absolute atomic E-state index is 0.0826. The van der Waals surface area contributed by atoms with Crippen molar-refractivity contribution in [2.75, 3.05) is 25.1 Å². The van der Waals surface area contributed by atoms with Crippen LogP contribution in [0.15, 0.2) is 35.3 Å². The first-order valence-electron chi connectivity index (χ1n) is 11.8. The molecule has 0 spiro atoms. The Balaban J connectivity index is 1.67. The molecule has 0 bridgehead atoms. The summed E-state index contributed by atoms with van der Waals surface area (Å²) in [6.45, 7) is 1.000. The summed E-state index contributed by atoms with van der Waals surface area (Å²) >= 11 is 0. The quantitative estimate of drug-likeness (QED) is 0.477. The molecule has 7 nitrogen and oxygen atoms in total. The molecule has 5 rings (SSSR count). The molecule has 3 aromatic rings. The number of carbonyl (C=O) groups is 1. The number of pyridine rings is 2. The number of nitrogens with one attached hydrogen (secondary N) is 1. The summed E-state index contributed by atoms with van der Waals surface area (Å²) in [5.41, 5.74) is -2.85. The van der Waals surface area contributed by atoms with Crippen molar-refractivity contribution in [2.24, 2.45) is 5.92 Å². The van der Waals surface area contributed by atoms with Gasteiger partial charge >= 0.3 is 6.18 Å². The summed E-state index contributed by atoms with van der Waals surface area (Å²) in [6.07, 6.45) is -2.91. The van der Waals surface area contributed by atoms with Crippen LogP contribution in [0.2, 0.25) is 0 Å². The van der Waals surface area contributed by atoms with Crippen molar-refractivity contribution < 1.29 is 35.9 Å². The minimum atomic E-state index is -4.76. The number of fused-ring (bicyclic) bond motifs is 1. The molecule has 2 aromatic heterocycles. The molecule has 1 amide bonds. The Bertz CT molecular complexity index is 1450. The lowest BCUT2D eigenvalue weighted by atomic mass is 10.1. The van der Waals surface area contributed by atoms with Crippen LogP contribution in [0.4, 0.5) is 32.2 Å². The van der Waals surface area contributed by atoms with Crippen LogP contribution in [0.5, 0.6) is 0 Å². The summed E-state index contributed by atoms with van der Waals surface area (Å²) in [7, 11) is 1.55. The van der Waals surface area contributed by atoms with E-state index in [0.29, 0.717) is 37.5 Å². The number of halogens is 6. The predicted molar refractivity (Wildman–Crippen MR) is 125 cm³/mol. The molecule has 13 heteroatoms. The highest BCUT2D eigenvalue weighted by Crippen LogP contribution is 2.40. The van der Waals surface area contributed by atoms with E-state index in [9.17, 15) is 35.9 Å². The van der Waals surface area contributed by atoms with Gasteiger partial charge in [-0.2, -0.15) is 13.2 Å². The molecule has 0 unspecified atom stereocenters. The zero-order valence-corrected chi connectivity index (χ0v) is 20.0. The van der Waals surface area contributed by atoms with Crippen LogP contribution in [-0.2, 0) is 4.74 Å². The van der Waals surface area contributed by atoms with E-state index >= 15 is 0 Å². The summed E-state index contributed by atoms with van der Waals surface area (Å²) in [6, 6.07) is 1.38. The van der Waals surface area contributed by atoms with Crippen molar-refractivity contribution >= 4 is 22.8 Å². The van der Waals surface area contributed by atoms with Crippen LogP contribution in [0, 0.1) is 23.4 Å². The van der Waals surface area contributed by atoms with E-state index in [1.165, 1.54) is 12.1 Å². The Hall–Kier alpha value is -3.61. The van der Waals surface area contributed by atoms with E-state index in [0.717, 1.165) is 10.8 Å². The molecule has 1 N–H and O–H groups in total. The van der Waals surface area contributed by atoms with Crippen LogP contribution in [0.1, 0.15) is 29.6 Å².